The van der Waals surface area contributed by atoms with Crippen molar-refractivity contribution < 1.29 is 0 Å². The summed E-state index contributed by atoms with van der Waals surface area (Å²) in [6.07, 6.45) is 2.50. The quantitative estimate of drug-likeness (QED) is 0.668. The highest BCUT2D eigenvalue weighted by Gasteiger charge is 2.35. The van der Waals surface area contributed by atoms with Gasteiger partial charge in [0, 0.05) is 26.2 Å². The van der Waals surface area contributed by atoms with Gasteiger partial charge in [0.15, 0.2) is 5.96 Å². The molecule has 3 heteroatoms. The highest BCUT2D eigenvalue weighted by Crippen LogP contribution is 2.33. The molecule has 0 bridgehead atoms. The van der Waals surface area contributed by atoms with Crippen LogP contribution in [-0.4, -0.2) is 37.0 Å². The van der Waals surface area contributed by atoms with E-state index in [1.165, 1.54) is 18.4 Å². The van der Waals surface area contributed by atoms with Crippen molar-refractivity contribution in [3.63, 3.8) is 0 Å². The second-order valence-electron chi connectivity index (χ2n) is 6.74. The number of aliphatic imine (C=N–C) groups is 1. The molecule has 21 heavy (non-hydrogen) atoms. The first-order valence-electron chi connectivity index (χ1n) is 8.22. The predicted molar refractivity (Wildman–Crippen MR) is 88.6 cm³/mol. The van der Waals surface area contributed by atoms with Gasteiger partial charge in [0.1, 0.15) is 0 Å². The summed E-state index contributed by atoms with van der Waals surface area (Å²) in [5.74, 6) is 3.25. The zero-order chi connectivity index (χ0) is 14.8. The van der Waals surface area contributed by atoms with E-state index in [4.69, 9.17) is 0 Å². The topological polar surface area (TPSA) is 27.6 Å². The van der Waals surface area contributed by atoms with E-state index >= 15 is 0 Å². The first-order valence-corrected chi connectivity index (χ1v) is 8.22. The molecule has 0 radical (unpaired) electrons. The van der Waals surface area contributed by atoms with E-state index in [0.717, 1.165) is 25.0 Å². The van der Waals surface area contributed by atoms with Crippen LogP contribution in [0.25, 0.3) is 0 Å². The maximum absolute atomic E-state index is 4.49. The number of guanidine groups is 1. The molecule has 4 unspecified atom stereocenters. The maximum atomic E-state index is 4.49. The average molecular weight is 285 g/mol. The van der Waals surface area contributed by atoms with Crippen molar-refractivity contribution in [2.75, 3.05) is 20.1 Å². The van der Waals surface area contributed by atoms with Crippen LogP contribution in [0.15, 0.2) is 35.3 Å². The Labute approximate surface area is 128 Å². The van der Waals surface area contributed by atoms with Crippen molar-refractivity contribution in [3.8, 4) is 0 Å². The molecular weight excluding hydrogens is 258 g/mol. The van der Waals surface area contributed by atoms with Gasteiger partial charge < -0.3 is 10.2 Å². The largest absolute Gasteiger partial charge is 0.353 e. The Balaban J connectivity index is 1.62. The molecule has 1 N–H and O–H groups in total. The lowest BCUT2D eigenvalue weighted by Crippen LogP contribution is -2.48. The Morgan fingerprint density at radius 2 is 1.90 bits per heavy atom. The minimum atomic E-state index is 0.644. The normalized spacial score (nSPS) is 32.9. The lowest BCUT2D eigenvalue weighted by molar-refractivity contribution is 0.234. The molecule has 1 aromatic carbocycles. The van der Waals surface area contributed by atoms with Crippen LogP contribution in [0.2, 0.25) is 0 Å². The van der Waals surface area contributed by atoms with Crippen molar-refractivity contribution in [1.82, 2.24) is 10.2 Å². The third-order valence-electron chi connectivity index (χ3n) is 5.07. The molecule has 2 aliphatic rings. The van der Waals surface area contributed by atoms with E-state index in [9.17, 15) is 0 Å². The molecule has 1 aliphatic heterocycles. The summed E-state index contributed by atoms with van der Waals surface area (Å²) in [7, 11) is 1.91. The van der Waals surface area contributed by atoms with E-state index in [2.05, 4.69) is 59.4 Å². The highest BCUT2D eigenvalue weighted by molar-refractivity contribution is 5.80. The molecule has 1 heterocycles. The van der Waals surface area contributed by atoms with Crippen LogP contribution >= 0.6 is 0 Å². The van der Waals surface area contributed by atoms with Gasteiger partial charge in [-0.1, -0.05) is 44.2 Å². The molecule has 0 aromatic heterocycles. The van der Waals surface area contributed by atoms with Gasteiger partial charge in [0.25, 0.3) is 0 Å². The molecule has 3 nitrogen and oxygen atoms in total. The van der Waals surface area contributed by atoms with E-state index in [1.807, 2.05) is 7.05 Å². The molecule has 4 atom stereocenters. The molecule has 0 amide bonds. The van der Waals surface area contributed by atoms with Gasteiger partial charge >= 0.3 is 0 Å². The van der Waals surface area contributed by atoms with Crippen LogP contribution < -0.4 is 5.32 Å². The molecule has 114 valence electrons. The Morgan fingerprint density at radius 3 is 2.48 bits per heavy atom. The highest BCUT2D eigenvalue weighted by atomic mass is 15.3. The van der Waals surface area contributed by atoms with Gasteiger partial charge in [-0.3, -0.25) is 4.99 Å². The summed E-state index contributed by atoms with van der Waals surface area (Å²) in [4.78, 5) is 6.93. The van der Waals surface area contributed by atoms with E-state index in [1.54, 1.807) is 0 Å². The number of rotatable bonds is 2. The van der Waals surface area contributed by atoms with Gasteiger partial charge in [0.2, 0.25) is 0 Å². The molecular formula is C18H27N3. The number of piperidine rings is 1. The van der Waals surface area contributed by atoms with Crippen molar-refractivity contribution in [1.29, 1.82) is 0 Å². The molecule has 3 rings (SSSR count). The smallest absolute Gasteiger partial charge is 0.193 e. The van der Waals surface area contributed by atoms with Gasteiger partial charge in [-0.2, -0.15) is 0 Å². The predicted octanol–water partition coefficient (Wildman–Crippen LogP) is 3.10. The van der Waals surface area contributed by atoms with Crippen LogP contribution in [0.1, 0.15) is 38.2 Å². The summed E-state index contributed by atoms with van der Waals surface area (Å²) in [5.41, 5.74) is 1.49. The summed E-state index contributed by atoms with van der Waals surface area (Å²) in [6, 6.07) is 11.6. The number of nitrogens with zero attached hydrogens (tertiary/aromatic N) is 2. The Morgan fingerprint density at radius 1 is 1.19 bits per heavy atom. The van der Waals surface area contributed by atoms with Crippen LogP contribution in [0, 0.1) is 11.8 Å². The fourth-order valence-corrected chi connectivity index (χ4v) is 3.52. The summed E-state index contributed by atoms with van der Waals surface area (Å²) in [5, 5.41) is 3.61. The fourth-order valence-electron chi connectivity index (χ4n) is 3.52. The zero-order valence-corrected chi connectivity index (χ0v) is 13.4. The first-order chi connectivity index (χ1) is 10.2. The lowest BCUT2D eigenvalue weighted by atomic mass is 9.82. The van der Waals surface area contributed by atoms with Crippen molar-refractivity contribution in [3.05, 3.63) is 35.9 Å². The standard InChI is InChI=1S/C18H27N3/c1-13-11-17(13)20-18(19-3)21-10-9-16(14(2)12-21)15-7-5-4-6-8-15/h4-8,13-14,16-17H,9-12H2,1-3H3,(H,19,20). The van der Waals surface area contributed by atoms with E-state index in [-0.39, 0.29) is 0 Å². The second kappa shape index (κ2) is 6.08. The SMILES string of the molecule is CN=C(NC1CC1C)N1CCC(c2ccccc2)C(C)C1. The minimum absolute atomic E-state index is 0.644. The van der Waals surface area contributed by atoms with Crippen molar-refractivity contribution >= 4 is 5.96 Å². The van der Waals surface area contributed by atoms with Gasteiger partial charge in [0.05, 0.1) is 0 Å². The lowest BCUT2D eigenvalue weighted by Gasteiger charge is -2.39. The molecule has 1 saturated carbocycles. The van der Waals surface area contributed by atoms with Gasteiger partial charge in [-0.15, -0.1) is 0 Å². The Hall–Kier alpha value is -1.51. The van der Waals surface area contributed by atoms with Crippen molar-refractivity contribution in [2.24, 2.45) is 16.8 Å². The Kier molecular flexibility index (Phi) is 4.18. The summed E-state index contributed by atoms with van der Waals surface area (Å²) in [6.45, 7) is 6.87. The molecule has 1 aliphatic carbocycles. The monoisotopic (exact) mass is 285 g/mol. The van der Waals surface area contributed by atoms with Crippen LogP contribution in [0.4, 0.5) is 0 Å². The van der Waals surface area contributed by atoms with Crippen LogP contribution in [0.5, 0.6) is 0 Å². The number of hydrogen-bond donors (Lipinski definition) is 1. The minimum Gasteiger partial charge on any atom is -0.353 e. The first kappa shape index (κ1) is 14.4. The van der Waals surface area contributed by atoms with E-state index in [0.29, 0.717) is 17.9 Å². The average Bonchev–Trinajstić information content (AvgIpc) is 3.21. The zero-order valence-electron chi connectivity index (χ0n) is 13.4. The third kappa shape index (κ3) is 3.22. The number of hydrogen-bond acceptors (Lipinski definition) is 1. The Bertz CT molecular complexity index is 496. The van der Waals surface area contributed by atoms with Crippen LogP contribution in [-0.2, 0) is 0 Å². The van der Waals surface area contributed by atoms with Crippen LogP contribution in [0.3, 0.4) is 0 Å². The van der Waals surface area contributed by atoms with E-state index < -0.39 is 0 Å². The number of nitrogens with one attached hydrogen (secondary N) is 1. The molecule has 1 aromatic rings. The van der Waals surface area contributed by atoms with Gasteiger partial charge in [-0.25, -0.2) is 0 Å². The maximum Gasteiger partial charge on any atom is 0.193 e. The van der Waals surface area contributed by atoms with Crippen molar-refractivity contribution in [2.45, 2.75) is 38.6 Å². The molecule has 0 spiro atoms. The molecule has 1 saturated heterocycles. The molecule has 2 fully saturated rings. The number of likely N-dealkylation sites (tertiary alicyclic amines) is 1. The third-order valence-corrected chi connectivity index (χ3v) is 5.07. The number of benzene rings is 1. The van der Waals surface area contributed by atoms with Gasteiger partial charge in [-0.05, 0) is 36.2 Å². The summed E-state index contributed by atoms with van der Waals surface area (Å²) < 4.78 is 0. The second-order valence-corrected chi connectivity index (χ2v) is 6.74. The fraction of sp³-hybridized carbons (Fsp3) is 0.611. The summed E-state index contributed by atoms with van der Waals surface area (Å²) >= 11 is 0.